The Morgan fingerprint density at radius 3 is 3.00 bits per heavy atom. The van der Waals surface area contributed by atoms with Gasteiger partial charge in [-0.1, -0.05) is 11.3 Å². The number of carbonyl (C=O) groups is 1. The number of hydrogen-bond acceptors (Lipinski definition) is 5. The van der Waals surface area contributed by atoms with Gasteiger partial charge in [0.15, 0.2) is 0 Å². The average Bonchev–Trinajstić information content (AvgIpc) is 2.74. The number of aromatic nitrogens is 3. The number of pyridine rings is 1. The molecule has 2 aromatic heterocycles. The fraction of sp³-hybridized carbons (Fsp3) is 0.200. The molecule has 0 saturated carbocycles. The first-order chi connectivity index (χ1) is 8.16. The fourth-order valence-corrected chi connectivity index (χ4v) is 1.97. The lowest BCUT2D eigenvalue weighted by Gasteiger charge is -2.05. The highest BCUT2D eigenvalue weighted by molar-refractivity contribution is 7.17. The van der Waals surface area contributed by atoms with Crippen molar-refractivity contribution in [2.24, 2.45) is 0 Å². The predicted molar refractivity (Wildman–Crippen MR) is 65.1 cm³/mol. The molecule has 0 unspecified atom stereocenters. The molecule has 17 heavy (non-hydrogen) atoms. The van der Waals surface area contributed by atoms with Crippen LogP contribution in [-0.4, -0.2) is 21.1 Å². The van der Waals surface area contributed by atoms with Gasteiger partial charge in [-0.05, 0) is 35.7 Å². The van der Waals surface area contributed by atoms with Crippen molar-refractivity contribution in [3.8, 4) is 0 Å². The van der Waals surface area contributed by atoms with Crippen LogP contribution in [0.5, 0.6) is 0 Å². The Morgan fingerprint density at radius 2 is 2.35 bits per heavy atom. The van der Waals surface area contributed by atoms with E-state index < -0.39 is 0 Å². The molecule has 5 nitrogen and oxygen atoms in total. The highest BCUT2D eigenvalue weighted by atomic mass is 35.5. The largest absolute Gasteiger partial charge is 0.346 e. The Morgan fingerprint density at radius 1 is 1.53 bits per heavy atom. The van der Waals surface area contributed by atoms with E-state index in [0.29, 0.717) is 6.54 Å². The summed E-state index contributed by atoms with van der Waals surface area (Å²) in [6.45, 7) is 2.38. The summed E-state index contributed by atoms with van der Waals surface area (Å²) in [6, 6.07) is 1.89. The van der Waals surface area contributed by atoms with E-state index in [-0.39, 0.29) is 15.4 Å². The number of hydrogen-bond donors (Lipinski definition) is 1. The quantitative estimate of drug-likeness (QED) is 0.922. The maximum Gasteiger partial charge on any atom is 0.282 e. The predicted octanol–water partition coefficient (Wildman–Crippen LogP) is 1.82. The first-order valence-corrected chi connectivity index (χ1v) is 6.03. The molecule has 0 bridgehead atoms. The third-order valence-electron chi connectivity index (χ3n) is 2.18. The lowest BCUT2D eigenvalue weighted by atomic mass is 10.1. The maximum atomic E-state index is 11.7. The zero-order chi connectivity index (χ0) is 12.3. The first-order valence-electron chi connectivity index (χ1n) is 4.83. The van der Waals surface area contributed by atoms with Crippen molar-refractivity contribution >= 4 is 28.8 Å². The summed E-state index contributed by atoms with van der Waals surface area (Å²) >= 11 is 6.65. The Bertz CT molecular complexity index is 543. The molecule has 7 heteroatoms. The van der Waals surface area contributed by atoms with Crippen LogP contribution in [0.25, 0.3) is 0 Å². The van der Waals surface area contributed by atoms with Crippen LogP contribution in [0.2, 0.25) is 4.47 Å². The van der Waals surface area contributed by atoms with Crippen molar-refractivity contribution < 1.29 is 4.79 Å². The van der Waals surface area contributed by atoms with E-state index in [1.807, 2.05) is 13.0 Å². The maximum absolute atomic E-state index is 11.7. The van der Waals surface area contributed by atoms with E-state index in [9.17, 15) is 4.79 Å². The van der Waals surface area contributed by atoms with Gasteiger partial charge in [0, 0.05) is 18.9 Å². The Labute approximate surface area is 107 Å². The molecule has 0 atom stereocenters. The summed E-state index contributed by atoms with van der Waals surface area (Å²) in [7, 11) is 0. The smallest absolute Gasteiger partial charge is 0.282 e. The van der Waals surface area contributed by atoms with Gasteiger partial charge in [0.05, 0.1) is 0 Å². The van der Waals surface area contributed by atoms with Crippen molar-refractivity contribution in [2.45, 2.75) is 13.5 Å². The summed E-state index contributed by atoms with van der Waals surface area (Å²) in [6.07, 6.45) is 3.44. The van der Waals surface area contributed by atoms with Gasteiger partial charge in [-0.3, -0.25) is 9.78 Å². The molecule has 0 radical (unpaired) electrons. The standard InChI is InChI=1S/C10H9ClN4OS/c1-6-2-3-12-4-7(6)5-13-8(16)9-14-15-10(11)17-9/h2-4H,5H2,1H3,(H,13,16). The third kappa shape index (κ3) is 2.98. The lowest BCUT2D eigenvalue weighted by Crippen LogP contribution is -2.23. The van der Waals surface area contributed by atoms with E-state index in [1.54, 1.807) is 12.4 Å². The van der Waals surface area contributed by atoms with Crippen molar-refractivity contribution in [3.05, 3.63) is 39.1 Å². The fourth-order valence-electron chi connectivity index (χ4n) is 1.23. The van der Waals surface area contributed by atoms with E-state index in [4.69, 9.17) is 11.6 Å². The molecular weight excluding hydrogens is 260 g/mol. The molecule has 88 valence electrons. The van der Waals surface area contributed by atoms with Crippen LogP contribution in [0.15, 0.2) is 18.5 Å². The molecule has 0 saturated heterocycles. The summed E-state index contributed by atoms with van der Waals surface area (Å²) in [4.78, 5) is 15.7. The van der Waals surface area contributed by atoms with Gasteiger partial charge in [0.25, 0.3) is 5.91 Å². The van der Waals surface area contributed by atoms with Crippen LogP contribution >= 0.6 is 22.9 Å². The molecule has 0 aromatic carbocycles. The molecule has 0 aliphatic carbocycles. The molecule has 0 aliphatic rings. The first kappa shape index (κ1) is 11.9. The number of carbonyl (C=O) groups excluding carboxylic acids is 1. The molecule has 0 spiro atoms. The Hall–Kier alpha value is -1.53. The molecule has 2 rings (SSSR count). The van der Waals surface area contributed by atoms with Crippen LogP contribution in [0, 0.1) is 6.92 Å². The van der Waals surface area contributed by atoms with Crippen LogP contribution in [-0.2, 0) is 6.54 Å². The number of nitrogens with one attached hydrogen (secondary N) is 1. The SMILES string of the molecule is Cc1ccncc1CNC(=O)c1nnc(Cl)s1. The zero-order valence-electron chi connectivity index (χ0n) is 8.98. The normalized spacial score (nSPS) is 10.2. The second-order valence-electron chi connectivity index (χ2n) is 3.35. The van der Waals surface area contributed by atoms with Crippen molar-refractivity contribution in [2.75, 3.05) is 0 Å². The highest BCUT2D eigenvalue weighted by Gasteiger charge is 2.11. The van der Waals surface area contributed by atoms with Gasteiger partial charge in [0.1, 0.15) is 0 Å². The van der Waals surface area contributed by atoms with Crippen LogP contribution < -0.4 is 5.32 Å². The topological polar surface area (TPSA) is 67.8 Å². The third-order valence-corrected chi connectivity index (χ3v) is 3.20. The van der Waals surface area contributed by atoms with Gasteiger partial charge in [-0.25, -0.2) is 0 Å². The average molecular weight is 269 g/mol. The van der Waals surface area contributed by atoms with Gasteiger partial charge in [-0.15, -0.1) is 10.2 Å². The van der Waals surface area contributed by atoms with E-state index >= 15 is 0 Å². The zero-order valence-corrected chi connectivity index (χ0v) is 10.5. The highest BCUT2D eigenvalue weighted by Crippen LogP contribution is 2.14. The summed E-state index contributed by atoms with van der Waals surface area (Å²) < 4.78 is 0.257. The van der Waals surface area contributed by atoms with Crippen LogP contribution in [0.4, 0.5) is 0 Å². The molecular formula is C10H9ClN4OS. The van der Waals surface area contributed by atoms with Gasteiger partial charge >= 0.3 is 0 Å². The lowest BCUT2D eigenvalue weighted by molar-refractivity contribution is 0.0949. The van der Waals surface area contributed by atoms with E-state index in [2.05, 4.69) is 20.5 Å². The molecule has 1 amide bonds. The number of rotatable bonds is 3. The molecule has 0 aliphatic heterocycles. The van der Waals surface area contributed by atoms with E-state index in [0.717, 1.165) is 22.5 Å². The second-order valence-corrected chi connectivity index (χ2v) is 4.90. The Kier molecular flexibility index (Phi) is 3.65. The van der Waals surface area contributed by atoms with Gasteiger partial charge < -0.3 is 5.32 Å². The summed E-state index contributed by atoms with van der Waals surface area (Å²) in [5.41, 5.74) is 2.05. The minimum Gasteiger partial charge on any atom is -0.346 e. The number of nitrogens with zero attached hydrogens (tertiary/aromatic N) is 3. The monoisotopic (exact) mass is 268 g/mol. The van der Waals surface area contributed by atoms with Gasteiger partial charge in [0.2, 0.25) is 9.47 Å². The minimum absolute atomic E-state index is 0.257. The minimum atomic E-state index is -0.280. The van der Waals surface area contributed by atoms with Crippen molar-refractivity contribution in [1.29, 1.82) is 0 Å². The van der Waals surface area contributed by atoms with Crippen LogP contribution in [0.1, 0.15) is 20.9 Å². The Balaban J connectivity index is 1.99. The van der Waals surface area contributed by atoms with Gasteiger partial charge in [-0.2, -0.15) is 0 Å². The van der Waals surface area contributed by atoms with Crippen molar-refractivity contribution in [1.82, 2.24) is 20.5 Å². The molecule has 1 N–H and O–H groups in total. The number of amides is 1. The second kappa shape index (κ2) is 5.20. The number of aryl methyl sites for hydroxylation is 1. The molecule has 2 aromatic rings. The summed E-state index contributed by atoms with van der Waals surface area (Å²) in [5.74, 6) is -0.280. The molecule has 2 heterocycles. The van der Waals surface area contributed by atoms with Crippen LogP contribution in [0.3, 0.4) is 0 Å². The number of halogens is 1. The van der Waals surface area contributed by atoms with Crippen molar-refractivity contribution in [3.63, 3.8) is 0 Å². The molecule has 0 fully saturated rings. The summed E-state index contributed by atoms with van der Waals surface area (Å²) in [5, 5.41) is 10.2. The van der Waals surface area contributed by atoms with E-state index in [1.165, 1.54) is 0 Å².